The Bertz CT molecular complexity index is 1580. The number of carbonyl (C=O) groups excluding carboxylic acids is 3. The van der Waals surface area contributed by atoms with Crippen molar-refractivity contribution < 1.29 is 24.2 Å². The normalized spacial score (nSPS) is 12.7. The van der Waals surface area contributed by atoms with Crippen LogP contribution in [0.2, 0.25) is 0 Å². The van der Waals surface area contributed by atoms with Gasteiger partial charge in [-0.3, -0.25) is 14.4 Å². The van der Waals surface area contributed by atoms with Gasteiger partial charge in [0.25, 0.3) is 0 Å². The molecule has 1 aliphatic rings. The molecular formula is C41H51N3O5. The van der Waals surface area contributed by atoms with Crippen molar-refractivity contribution in [3.05, 3.63) is 125 Å². The highest BCUT2D eigenvalue weighted by molar-refractivity contribution is 6.02. The first-order valence-corrected chi connectivity index (χ1v) is 17.0. The van der Waals surface area contributed by atoms with E-state index in [0.717, 1.165) is 52.8 Å². The molecule has 4 aromatic carbocycles. The highest BCUT2D eigenvalue weighted by Gasteiger charge is 2.34. The average Bonchev–Trinajstić information content (AvgIpc) is 3.45. The van der Waals surface area contributed by atoms with Gasteiger partial charge in [0.2, 0.25) is 5.91 Å². The molecule has 4 aromatic rings. The molecule has 8 heteroatoms. The number of esters is 1. The van der Waals surface area contributed by atoms with Crippen LogP contribution < -0.4 is 16.8 Å². The van der Waals surface area contributed by atoms with Gasteiger partial charge in [0.15, 0.2) is 0 Å². The van der Waals surface area contributed by atoms with Gasteiger partial charge >= 0.3 is 5.97 Å². The van der Waals surface area contributed by atoms with Crippen LogP contribution in [-0.4, -0.2) is 43.0 Å². The van der Waals surface area contributed by atoms with E-state index in [4.69, 9.17) is 4.74 Å². The first-order valence-electron chi connectivity index (χ1n) is 17.0. The molecule has 5 rings (SSSR count). The van der Waals surface area contributed by atoms with Crippen LogP contribution in [0.25, 0.3) is 11.1 Å². The average molecular weight is 666 g/mol. The van der Waals surface area contributed by atoms with Crippen molar-refractivity contribution in [3.63, 3.8) is 0 Å². The van der Waals surface area contributed by atoms with E-state index in [1.165, 1.54) is 0 Å². The Balaban J connectivity index is 0.00000213. The standard InChI is InChI=1S/C39H42N2O5.C2H6.H3N/c1-40-22-10-9-13-29(38(44)41-30-20-18-28(25-42)19-21-30)24-37(43)35(23-27-11-3-2-4-12-27)39(45)46-26-36-33-16-7-5-14-31(33)32-15-6-8-17-34(32)36;1-2;/h2-8,11-12,14-21,29,35-36,40,42H,9-10,13,22-26H2,1H3,(H,41,44);1-2H3;1H3/t29-,35+;;/m1../s1. The van der Waals surface area contributed by atoms with Gasteiger partial charge in [-0.2, -0.15) is 0 Å². The second kappa shape index (κ2) is 20.0. The Morgan fingerprint density at radius 3 is 1.96 bits per heavy atom. The number of hydrogen-bond acceptors (Lipinski definition) is 7. The van der Waals surface area contributed by atoms with Crippen LogP contribution in [0.1, 0.15) is 67.7 Å². The molecule has 0 radical (unpaired) electrons. The molecule has 6 N–H and O–H groups in total. The summed E-state index contributed by atoms with van der Waals surface area (Å²) in [4.78, 5) is 41.3. The van der Waals surface area contributed by atoms with E-state index in [0.29, 0.717) is 12.1 Å². The number of aliphatic hydroxyl groups is 1. The van der Waals surface area contributed by atoms with Crippen LogP contribution in [0, 0.1) is 11.8 Å². The Hall–Kier alpha value is -4.63. The number of aliphatic hydroxyl groups excluding tert-OH is 1. The molecule has 49 heavy (non-hydrogen) atoms. The summed E-state index contributed by atoms with van der Waals surface area (Å²) in [5, 5.41) is 15.4. The number of unbranched alkanes of at least 4 members (excludes halogenated alkanes) is 1. The largest absolute Gasteiger partial charge is 0.464 e. The van der Waals surface area contributed by atoms with Crippen LogP contribution in [0.5, 0.6) is 0 Å². The summed E-state index contributed by atoms with van der Waals surface area (Å²) in [6.07, 6.45) is 2.26. The highest BCUT2D eigenvalue weighted by atomic mass is 16.5. The summed E-state index contributed by atoms with van der Waals surface area (Å²) < 4.78 is 5.98. The third kappa shape index (κ3) is 10.4. The molecule has 8 nitrogen and oxygen atoms in total. The third-order valence-electron chi connectivity index (χ3n) is 8.76. The number of Topliss-reactive ketones (excluding diaryl/α,β-unsaturated/α-hetero) is 1. The summed E-state index contributed by atoms with van der Waals surface area (Å²) in [7, 11) is 1.88. The molecule has 0 fully saturated rings. The number of hydrogen-bond donors (Lipinski definition) is 4. The Morgan fingerprint density at radius 2 is 1.37 bits per heavy atom. The summed E-state index contributed by atoms with van der Waals surface area (Å²) in [6.45, 7) is 4.85. The van der Waals surface area contributed by atoms with E-state index in [1.54, 1.807) is 24.3 Å². The van der Waals surface area contributed by atoms with Crippen molar-refractivity contribution in [3.8, 4) is 11.1 Å². The van der Waals surface area contributed by atoms with Gasteiger partial charge in [-0.25, -0.2) is 0 Å². The van der Waals surface area contributed by atoms with E-state index in [-0.39, 0.29) is 49.8 Å². The lowest BCUT2D eigenvalue weighted by Gasteiger charge is -2.21. The van der Waals surface area contributed by atoms with Crippen molar-refractivity contribution in [2.45, 2.75) is 58.5 Å². The maximum Gasteiger partial charge on any atom is 0.316 e. The molecule has 1 aliphatic carbocycles. The number of nitrogens with one attached hydrogen (secondary N) is 2. The fourth-order valence-electron chi connectivity index (χ4n) is 6.23. The Labute approximate surface area is 290 Å². The zero-order valence-electron chi connectivity index (χ0n) is 29.0. The van der Waals surface area contributed by atoms with Crippen molar-refractivity contribution >= 4 is 23.3 Å². The second-order valence-corrected chi connectivity index (χ2v) is 11.9. The maximum absolute atomic E-state index is 14.0. The number of ether oxygens (including phenoxy) is 1. The minimum absolute atomic E-state index is 0. The lowest BCUT2D eigenvalue weighted by atomic mass is 9.87. The van der Waals surface area contributed by atoms with E-state index in [9.17, 15) is 19.5 Å². The summed E-state index contributed by atoms with van der Waals surface area (Å²) in [6, 6.07) is 32.7. The van der Waals surface area contributed by atoms with Crippen LogP contribution in [-0.2, 0) is 32.1 Å². The fraction of sp³-hybridized carbons (Fsp3) is 0.341. The molecular weight excluding hydrogens is 614 g/mol. The number of benzene rings is 4. The zero-order chi connectivity index (χ0) is 34.3. The van der Waals surface area contributed by atoms with Gasteiger partial charge in [0.05, 0.1) is 6.61 Å². The molecule has 0 saturated carbocycles. The number of ketones is 1. The maximum atomic E-state index is 14.0. The SMILES string of the molecule is CC.CNCCCC[C@H](CC(=O)[C@H](Cc1ccccc1)C(=O)OCC1c2ccccc2-c2ccccc21)C(=O)Nc1ccc(CO)cc1.N. The van der Waals surface area contributed by atoms with E-state index in [1.807, 2.05) is 75.5 Å². The lowest BCUT2D eigenvalue weighted by Crippen LogP contribution is -2.33. The monoisotopic (exact) mass is 665 g/mol. The molecule has 0 bridgehead atoms. The minimum atomic E-state index is -1.04. The smallest absolute Gasteiger partial charge is 0.316 e. The number of anilines is 1. The molecule has 260 valence electrons. The second-order valence-electron chi connectivity index (χ2n) is 11.9. The van der Waals surface area contributed by atoms with E-state index >= 15 is 0 Å². The predicted molar refractivity (Wildman–Crippen MR) is 197 cm³/mol. The fourth-order valence-corrected chi connectivity index (χ4v) is 6.23. The first-order chi connectivity index (χ1) is 23.5. The first kappa shape index (κ1) is 38.8. The number of carbonyl (C=O) groups is 3. The zero-order valence-corrected chi connectivity index (χ0v) is 29.0. The van der Waals surface area contributed by atoms with Crippen molar-refractivity contribution in [2.24, 2.45) is 11.8 Å². The van der Waals surface area contributed by atoms with Crippen molar-refractivity contribution in [1.82, 2.24) is 11.5 Å². The van der Waals surface area contributed by atoms with Gasteiger partial charge in [-0.15, -0.1) is 0 Å². The quantitative estimate of drug-likeness (QED) is 0.0553. The molecule has 2 atom stereocenters. The minimum Gasteiger partial charge on any atom is -0.464 e. The van der Waals surface area contributed by atoms with Gasteiger partial charge in [0, 0.05) is 23.9 Å². The molecule has 1 amide bonds. The molecule has 0 spiro atoms. The van der Waals surface area contributed by atoms with Gasteiger partial charge in [-0.05, 0) is 78.4 Å². The number of amides is 1. The van der Waals surface area contributed by atoms with Gasteiger partial charge in [-0.1, -0.05) is 111 Å². The molecule has 0 aromatic heterocycles. The predicted octanol–water partition coefficient (Wildman–Crippen LogP) is 7.49. The molecule has 0 heterocycles. The summed E-state index contributed by atoms with van der Waals surface area (Å²) in [5.41, 5.74) is 6.66. The lowest BCUT2D eigenvalue weighted by molar-refractivity contribution is -0.152. The van der Waals surface area contributed by atoms with Crippen LogP contribution >= 0.6 is 0 Å². The Kier molecular flexibility index (Phi) is 15.9. The van der Waals surface area contributed by atoms with Gasteiger partial charge in [0.1, 0.15) is 18.3 Å². The highest BCUT2D eigenvalue weighted by Crippen LogP contribution is 2.44. The topological polar surface area (TPSA) is 140 Å². The van der Waals surface area contributed by atoms with Crippen LogP contribution in [0.4, 0.5) is 5.69 Å². The van der Waals surface area contributed by atoms with Crippen molar-refractivity contribution in [2.75, 3.05) is 25.5 Å². The van der Waals surface area contributed by atoms with Crippen molar-refractivity contribution in [1.29, 1.82) is 0 Å². The number of fused-ring (bicyclic) bond motifs is 3. The van der Waals surface area contributed by atoms with Crippen LogP contribution in [0.3, 0.4) is 0 Å². The van der Waals surface area contributed by atoms with E-state index in [2.05, 4.69) is 34.9 Å². The molecule has 0 unspecified atom stereocenters. The van der Waals surface area contributed by atoms with Crippen LogP contribution in [0.15, 0.2) is 103 Å². The number of rotatable bonds is 16. The third-order valence-corrected chi connectivity index (χ3v) is 8.76. The molecule has 0 aliphatic heterocycles. The van der Waals surface area contributed by atoms with Gasteiger partial charge < -0.3 is 26.6 Å². The Morgan fingerprint density at radius 1 is 0.776 bits per heavy atom. The summed E-state index contributed by atoms with van der Waals surface area (Å²) in [5.74, 6) is -2.89. The molecule has 0 saturated heterocycles. The van der Waals surface area contributed by atoms with E-state index < -0.39 is 17.8 Å². The summed E-state index contributed by atoms with van der Waals surface area (Å²) >= 11 is 0.